The van der Waals surface area contributed by atoms with Crippen molar-refractivity contribution in [2.75, 3.05) is 0 Å². The van der Waals surface area contributed by atoms with Crippen molar-refractivity contribution in [1.29, 1.82) is 0 Å². The van der Waals surface area contributed by atoms with Gasteiger partial charge < -0.3 is 4.74 Å². The van der Waals surface area contributed by atoms with E-state index in [0.717, 1.165) is 17.0 Å². The van der Waals surface area contributed by atoms with Crippen molar-refractivity contribution in [2.45, 2.75) is 12.5 Å². The molecule has 0 spiro atoms. The number of hydrogen-bond acceptors (Lipinski definition) is 1. The van der Waals surface area contributed by atoms with Gasteiger partial charge in [-0.3, -0.25) is 0 Å². The fraction of sp³-hybridized carbons (Fsp3) is 0.200. The zero-order valence-electron chi connectivity index (χ0n) is 6.53. The first-order chi connectivity index (χ1) is 5.88. The van der Waals surface area contributed by atoms with Crippen LogP contribution >= 0.6 is 11.6 Å². The summed E-state index contributed by atoms with van der Waals surface area (Å²) in [4.78, 5) is 0. The van der Waals surface area contributed by atoms with Crippen LogP contribution in [0, 0.1) is 0 Å². The van der Waals surface area contributed by atoms with Gasteiger partial charge in [0.05, 0.1) is 6.26 Å². The summed E-state index contributed by atoms with van der Waals surface area (Å²) in [5, 5.41) is 0.784. The quantitative estimate of drug-likeness (QED) is 0.644. The maximum Gasteiger partial charge on any atom is 0.128 e. The molecule has 1 heterocycles. The monoisotopic (exact) mass is 180 g/mol. The molecule has 1 aliphatic heterocycles. The van der Waals surface area contributed by atoms with Gasteiger partial charge in [0.2, 0.25) is 0 Å². The van der Waals surface area contributed by atoms with Crippen LogP contribution in [0.15, 0.2) is 36.6 Å². The summed E-state index contributed by atoms with van der Waals surface area (Å²) < 4.78 is 5.35. The van der Waals surface area contributed by atoms with E-state index in [4.69, 9.17) is 16.3 Å². The smallest absolute Gasteiger partial charge is 0.128 e. The molecule has 2 rings (SSSR count). The molecule has 0 radical (unpaired) electrons. The lowest BCUT2D eigenvalue weighted by Crippen LogP contribution is -1.95. The summed E-state index contributed by atoms with van der Waals surface area (Å²) in [5.74, 6) is 0. The Kier molecular flexibility index (Phi) is 2.05. The summed E-state index contributed by atoms with van der Waals surface area (Å²) >= 11 is 6.00. The molecule has 1 nitrogen and oxygen atoms in total. The molecule has 0 unspecified atom stereocenters. The first-order valence-corrected chi connectivity index (χ1v) is 4.30. The van der Waals surface area contributed by atoms with Crippen molar-refractivity contribution >= 4 is 11.6 Å². The standard InChI is InChI=1S/C10H9ClO/c11-9-5-2-1-4-8(9)10-6-3-7-12-10/h1-5,7,10H,6H2/t10-/m0/s1. The van der Waals surface area contributed by atoms with E-state index in [0.29, 0.717) is 0 Å². The highest BCUT2D eigenvalue weighted by atomic mass is 35.5. The van der Waals surface area contributed by atoms with Gasteiger partial charge in [-0.2, -0.15) is 0 Å². The van der Waals surface area contributed by atoms with Crippen LogP contribution in [-0.2, 0) is 4.74 Å². The van der Waals surface area contributed by atoms with Crippen molar-refractivity contribution in [2.24, 2.45) is 0 Å². The second kappa shape index (κ2) is 3.20. The Morgan fingerprint density at radius 3 is 2.83 bits per heavy atom. The van der Waals surface area contributed by atoms with Crippen molar-refractivity contribution in [3.8, 4) is 0 Å². The van der Waals surface area contributed by atoms with Gasteiger partial charge >= 0.3 is 0 Å². The molecule has 2 heteroatoms. The predicted octanol–water partition coefficient (Wildman–Crippen LogP) is 3.32. The summed E-state index contributed by atoms with van der Waals surface area (Å²) in [6, 6.07) is 7.79. The minimum absolute atomic E-state index is 0.124. The molecule has 0 aliphatic carbocycles. The molecular formula is C10H9ClO. The van der Waals surface area contributed by atoms with E-state index in [2.05, 4.69) is 0 Å². The number of hydrogen-bond donors (Lipinski definition) is 0. The Bertz CT molecular complexity index is 298. The van der Waals surface area contributed by atoms with Crippen LogP contribution in [0.1, 0.15) is 18.1 Å². The average Bonchev–Trinajstić information content (AvgIpc) is 2.57. The lowest BCUT2D eigenvalue weighted by molar-refractivity contribution is 0.173. The third kappa shape index (κ3) is 1.32. The van der Waals surface area contributed by atoms with Crippen LogP contribution in [0.25, 0.3) is 0 Å². The lowest BCUT2D eigenvalue weighted by Gasteiger charge is -2.11. The Hall–Kier alpha value is -0.950. The van der Waals surface area contributed by atoms with Gasteiger partial charge in [0.15, 0.2) is 0 Å². The van der Waals surface area contributed by atoms with Crippen molar-refractivity contribution in [1.82, 2.24) is 0 Å². The highest BCUT2D eigenvalue weighted by Gasteiger charge is 2.15. The van der Waals surface area contributed by atoms with Crippen molar-refractivity contribution in [3.05, 3.63) is 47.2 Å². The molecule has 0 saturated carbocycles. The largest absolute Gasteiger partial charge is 0.493 e. The molecule has 0 fully saturated rings. The Morgan fingerprint density at radius 1 is 1.33 bits per heavy atom. The second-order valence-electron chi connectivity index (χ2n) is 2.75. The van der Waals surface area contributed by atoms with Crippen LogP contribution in [0.3, 0.4) is 0 Å². The Balaban J connectivity index is 2.27. The van der Waals surface area contributed by atoms with E-state index >= 15 is 0 Å². The average molecular weight is 181 g/mol. The minimum atomic E-state index is 0.124. The fourth-order valence-electron chi connectivity index (χ4n) is 1.32. The first kappa shape index (κ1) is 7.69. The fourth-order valence-corrected chi connectivity index (χ4v) is 1.58. The van der Waals surface area contributed by atoms with Gasteiger partial charge in [-0.05, 0) is 12.1 Å². The molecule has 0 aromatic heterocycles. The molecule has 62 valence electrons. The van der Waals surface area contributed by atoms with E-state index < -0.39 is 0 Å². The van der Waals surface area contributed by atoms with Crippen molar-refractivity contribution in [3.63, 3.8) is 0 Å². The van der Waals surface area contributed by atoms with E-state index in [1.54, 1.807) is 6.26 Å². The zero-order valence-corrected chi connectivity index (χ0v) is 7.29. The summed E-state index contributed by atoms with van der Waals surface area (Å²) in [6.45, 7) is 0. The molecule has 0 bridgehead atoms. The first-order valence-electron chi connectivity index (χ1n) is 3.93. The molecule has 1 aliphatic rings. The molecule has 0 N–H and O–H groups in total. The highest BCUT2D eigenvalue weighted by Crippen LogP contribution is 2.31. The lowest BCUT2D eigenvalue weighted by atomic mass is 10.1. The molecule has 1 aromatic rings. The third-order valence-electron chi connectivity index (χ3n) is 1.94. The molecule has 1 aromatic carbocycles. The Morgan fingerprint density at radius 2 is 2.17 bits per heavy atom. The Labute approximate surface area is 76.6 Å². The van der Waals surface area contributed by atoms with Gasteiger partial charge in [-0.25, -0.2) is 0 Å². The molecule has 1 atom stereocenters. The van der Waals surface area contributed by atoms with Crippen LogP contribution < -0.4 is 0 Å². The van der Waals surface area contributed by atoms with Gasteiger partial charge in [0.1, 0.15) is 6.10 Å². The summed E-state index contributed by atoms with van der Waals surface area (Å²) in [6.07, 6.45) is 4.78. The van der Waals surface area contributed by atoms with Crippen LogP contribution in [-0.4, -0.2) is 0 Å². The number of benzene rings is 1. The van der Waals surface area contributed by atoms with E-state index in [1.165, 1.54) is 0 Å². The summed E-state index contributed by atoms with van der Waals surface area (Å²) in [5.41, 5.74) is 1.07. The normalized spacial score (nSPS) is 20.9. The second-order valence-corrected chi connectivity index (χ2v) is 3.16. The number of rotatable bonds is 1. The van der Waals surface area contributed by atoms with Crippen LogP contribution in [0.5, 0.6) is 0 Å². The van der Waals surface area contributed by atoms with Crippen LogP contribution in [0.2, 0.25) is 5.02 Å². The minimum Gasteiger partial charge on any atom is -0.493 e. The topological polar surface area (TPSA) is 9.23 Å². The van der Waals surface area contributed by atoms with E-state index in [9.17, 15) is 0 Å². The number of ether oxygens (including phenoxy) is 1. The maximum absolute atomic E-state index is 6.00. The van der Waals surface area contributed by atoms with E-state index in [-0.39, 0.29) is 6.10 Å². The van der Waals surface area contributed by atoms with Gasteiger partial charge in [-0.1, -0.05) is 29.8 Å². The zero-order chi connectivity index (χ0) is 8.39. The predicted molar refractivity (Wildman–Crippen MR) is 49.0 cm³/mol. The third-order valence-corrected chi connectivity index (χ3v) is 2.29. The van der Waals surface area contributed by atoms with Gasteiger partial charge in [0, 0.05) is 17.0 Å². The molecule has 0 amide bonds. The molecule has 12 heavy (non-hydrogen) atoms. The maximum atomic E-state index is 6.00. The highest BCUT2D eigenvalue weighted by molar-refractivity contribution is 6.31. The molecular weight excluding hydrogens is 172 g/mol. The SMILES string of the molecule is Clc1ccccc1[C@@H]1CC=CO1. The summed E-state index contributed by atoms with van der Waals surface area (Å²) in [7, 11) is 0. The van der Waals surface area contributed by atoms with Gasteiger partial charge in [-0.15, -0.1) is 0 Å². The molecule has 0 saturated heterocycles. The van der Waals surface area contributed by atoms with Gasteiger partial charge in [0.25, 0.3) is 0 Å². The van der Waals surface area contributed by atoms with Crippen molar-refractivity contribution < 1.29 is 4.74 Å². The van der Waals surface area contributed by atoms with E-state index in [1.807, 2.05) is 30.3 Å². The number of halogens is 1. The van der Waals surface area contributed by atoms with Crippen LogP contribution in [0.4, 0.5) is 0 Å².